The van der Waals surface area contributed by atoms with E-state index in [-0.39, 0.29) is 7.43 Å². The molecule has 0 aliphatic heterocycles. The van der Waals surface area contributed by atoms with Crippen LogP contribution in [0.1, 0.15) is 7.43 Å². The second kappa shape index (κ2) is 25.3. The van der Waals surface area contributed by atoms with Crippen LogP contribution in [0, 0.1) is 0 Å². The molecular formula is C93H59BrN6O4. The van der Waals surface area contributed by atoms with Crippen molar-refractivity contribution in [1.29, 1.82) is 0 Å². The first-order valence-electron chi connectivity index (χ1n) is 34.2. The van der Waals surface area contributed by atoms with Crippen LogP contribution >= 0.6 is 15.9 Å². The summed E-state index contributed by atoms with van der Waals surface area (Å²) in [7, 11) is 0. The quantitative estimate of drug-likeness (QED) is 0.167. The number of H-pyrrole nitrogens is 1. The summed E-state index contributed by atoms with van der Waals surface area (Å²) in [5.41, 5.74) is 21.8. The van der Waals surface area contributed by atoms with Gasteiger partial charge in [-0.05, 0) is 109 Å². The van der Waals surface area contributed by atoms with Crippen molar-refractivity contribution in [2.75, 3.05) is 0 Å². The molecule has 11 heteroatoms. The number of para-hydroxylation sites is 8. The van der Waals surface area contributed by atoms with Gasteiger partial charge in [-0.15, -0.1) is 0 Å². The first-order chi connectivity index (χ1) is 51.0. The lowest BCUT2D eigenvalue weighted by atomic mass is 10.0. The summed E-state index contributed by atoms with van der Waals surface area (Å²) in [4.78, 5) is 23.7. The van der Waals surface area contributed by atoms with E-state index in [0.29, 0.717) is 11.6 Å². The van der Waals surface area contributed by atoms with Crippen LogP contribution in [0.2, 0.25) is 0 Å². The van der Waals surface area contributed by atoms with Crippen molar-refractivity contribution in [3.8, 4) is 73.5 Å². The zero-order chi connectivity index (χ0) is 68.1. The third-order valence-electron chi connectivity index (χ3n) is 19.6. The Labute approximate surface area is 603 Å². The number of benzene rings is 14. The number of aromatic amines is 1. The van der Waals surface area contributed by atoms with E-state index >= 15 is 0 Å². The molecule has 22 aromatic rings. The van der Waals surface area contributed by atoms with E-state index in [0.717, 1.165) is 176 Å². The van der Waals surface area contributed by atoms with Crippen molar-refractivity contribution in [2.45, 2.75) is 7.43 Å². The Balaban J connectivity index is 0.000000119. The van der Waals surface area contributed by atoms with E-state index in [9.17, 15) is 0 Å². The molecule has 0 atom stereocenters. The van der Waals surface area contributed by atoms with Crippen LogP contribution in [-0.4, -0.2) is 29.5 Å². The Morgan fingerprint density at radius 1 is 0.269 bits per heavy atom. The molecule has 104 heavy (non-hydrogen) atoms. The van der Waals surface area contributed by atoms with Crippen molar-refractivity contribution in [3.05, 3.63) is 332 Å². The van der Waals surface area contributed by atoms with Crippen LogP contribution in [0.3, 0.4) is 0 Å². The molecule has 0 unspecified atom stereocenters. The predicted octanol–water partition coefficient (Wildman–Crippen LogP) is 26.4. The van der Waals surface area contributed by atoms with E-state index in [1.807, 2.05) is 133 Å². The van der Waals surface area contributed by atoms with Crippen molar-refractivity contribution < 1.29 is 17.7 Å². The lowest BCUT2D eigenvalue weighted by molar-refractivity contribution is 0.669. The average Bonchev–Trinajstić information content (AvgIpc) is 1.56. The van der Waals surface area contributed by atoms with E-state index in [4.69, 9.17) is 37.6 Å². The van der Waals surface area contributed by atoms with Gasteiger partial charge in [0.15, 0.2) is 11.6 Å². The van der Waals surface area contributed by atoms with E-state index in [2.05, 4.69) is 220 Å². The maximum absolute atomic E-state index is 6.54. The van der Waals surface area contributed by atoms with Gasteiger partial charge in [0.2, 0.25) is 0 Å². The summed E-state index contributed by atoms with van der Waals surface area (Å²) in [6, 6.07) is 112. The highest BCUT2D eigenvalue weighted by atomic mass is 79.9. The van der Waals surface area contributed by atoms with Gasteiger partial charge in [-0.1, -0.05) is 242 Å². The number of fused-ring (bicyclic) bond motifs is 20. The lowest BCUT2D eigenvalue weighted by Crippen LogP contribution is -1.98. The average molecular weight is 1400 g/mol. The lowest BCUT2D eigenvalue weighted by Gasteiger charge is -2.12. The number of aromatic nitrogens is 6. The molecule has 8 aromatic heterocycles. The standard InChI is InChI=1S/C46H27N3O2.C28H17BrN2O.C18H11NO.CH4/c1-2-12-28(13-3-1)37-27-38(35-20-11-19-33-31-16-5-8-22-41(31)50-44(33)35)48-46(47-37)29-14-10-15-30(26-29)49-39-21-7-4-18-36(39)43-40(49)25-24-34-32-17-6-9-23-42(32)51-45(34)43;29-20-11-6-10-19(16-20)28-30-24(18-8-2-1-3-9-18)17-25(31-28)23-14-7-13-22-21-12-4-5-15-26(21)32-27(22)23;1-3-7-14-13(6-1)17-15(19-14)10-9-12-11-5-2-4-8-16(11)20-18(12)17;/h1-27H;1-17H;1-10,19H;1H4. The van der Waals surface area contributed by atoms with Gasteiger partial charge < -0.3 is 27.2 Å². The summed E-state index contributed by atoms with van der Waals surface area (Å²) < 4.78 is 28.7. The Hall–Kier alpha value is -13.5. The van der Waals surface area contributed by atoms with Gasteiger partial charge in [0.25, 0.3) is 0 Å². The van der Waals surface area contributed by atoms with Crippen LogP contribution in [0.4, 0.5) is 0 Å². The highest BCUT2D eigenvalue weighted by Gasteiger charge is 2.23. The maximum Gasteiger partial charge on any atom is 0.160 e. The predicted molar refractivity (Wildman–Crippen MR) is 430 cm³/mol. The second-order valence-electron chi connectivity index (χ2n) is 25.7. The smallest absolute Gasteiger partial charge is 0.160 e. The fraction of sp³-hybridized carbons (Fsp3) is 0.0108. The number of hydrogen-bond acceptors (Lipinski definition) is 8. The van der Waals surface area contributed by atoms with Gasteiger partial charge in [0, 0.05) is 103 Å². The van der Waals surface area contributed by atoms with Crippen LogP contribution in [0.25, 0.3) is 205 Å². The molecule has 0 fully saturated rings. The molecule has 0 saturated carbocycles. The number of furan rings is 4. The van der Waals surface area contributed by atoms with E-state index < -0.39 is 0 Å². The molecule has 0 aliphatic rings. The van der Waals surface area contributed by atoms with Gasteiger partial charge >= 0.3 is 0 Å². The first-order valence-corrected chi connectivity index (χ1v) is 35.0. The number of hydrogen-bond donors (Lipinski definition) is 1. The van der Waals surface area contributed by atoms with E-state index in [1.165, 1.54) is 21.5 Å². The molecule has 0 spiro atoms. The van der Waals surface area contributed by atoms with Gasteiger partial charge in [-0.3, -0.25) is 0 Å². The molecule has 0 amide bonds. The molecule has 22 rings (SSSR count). The molecule has 0 saturated heterocycles. The number of rotatable bonds is 7. The fourth-order valence-corrected chi connectivity index (χ4v) is 15.3. The highest BCUT2D eigenvalue weighted by molar-refractivity contribution is 9.10. The minimum atomic E-state index is 0. The summed E-state index contributed by atoms with van der Waals surface area (Å²) in [5, 5.41) is 13.6. The third kappa shape index (κ3) is 10.5. The SMILES string of the molecule is Brc1cccc(-c2nc(-c3ccccc3)cc(-c3cccc4c3oc3ccccc34)n2)c1.C.c1ccc(-c2cc(-c3cccc4c3oc3ccccc34)nc(-c3cccc(-n4c5ccccc5c5c6oc7ccccc7c6ccc54)c3)n2)cc1.c1ccc2c(c1)[nH]c1ccc3c4ccccc4oc3c12. The molecular weight excluding hydrogens is 1340 g/mol. The summed E-state index contributed by atoms with van der Waals surface area (Å²) in [6.45, 7) is 0. The zero-order valence-electron chi connectivity index (χ0n) is 54.9. The van der Waals surface area contributed by atoms with Crippen molar-refractivity contribution in [2.24, 2.45) is 0 Å². The minimum Gasteiger partial charge on any atom is -0.455 e. The highest BCUT2D eigenvalue weighted by Crippen LogP contribution is 2.44. The Bertz CT molecular complexity index is 7100. The summed E-state index contributed by atoms with van der Waals surface area (Å²) >= 11 is 3.57. The van der Waals surface area contributed by atoms with Gasteiger partial charge in [0.1, 0.15) is 44.7 Å². The molecule has 14 aromatic carbocycles. The summed E-state index contributed by atoms with van der Waals surface area (Å²) in [5.74, 6) is 1.32. The largest absolute Gasteiger partial charge is 0.455 e. The number of nitrogens with one attached hydrogen (secondary N) is 1. The zero-order valence-corrected chi connectivity index (χ0v) is 56.5. The normalized spacial score (nSPS) is 11.6. The van der Waals surface area contributed by atoms with Gasteiger partial charge in [0.05, 0.1) is 50.1 Å². The molecule has 0 radical (unpaired) electrons. The summed E-state index contributed by atoms with van der Waals surface area (Å²) in [6.07, 6.45) is 0. The topological polar surface area (TPSA) is 125 Å². The van der Waals surface area contributed by atoms with Crippen LogP contribution in [0.5, 0.6) is 0 Å². The Morgan fingerprint density at radius 3 is 1.22 bits per heavy atom. The second-order valence-corrected chi connectivity index (χ2v) is 26.6. The van der Waals surface area contributed by atoms with Crippen molar-refractivity contribution in [3.63, 3.8) is 0 Å². The third-order valence-corrected chi connectivity index (χ3v) is 20.1. The monoisotopic (exact) mass is 1400 g/mol. The van der Waals surface area contributed by atoms with E-state index in [1.54, 1.807) is 0 Å². The number of nitrogens with zero attached hydrogens (tertiary/aromatic N) is 5. The number of halogens is 1. The van der Waals surface area contributed by atoms with Gasteiger partial charge in [-0.25, -0.2) is 19.9 Å². The molecule has 8 heterocycles. The molecule has 0 aliphatic carbocycles. The van der Waals surface area contributed by atoms with Crippen LogP contribution < -0.4 is 0 Å². The molecule has 10 nitrogen and oxygen atoms in total. The van der Waals surface area contributed by atoms with Crippen molar-refractivity contribution >= 4 is 147 Å². The molecule has 1 N–H and O–H groups in total. The minimum absolute atomic E-state index is 0. The van der Waals surface area contributed by atoms with Crippen LogP contribution in [0.15, 0.2) is 350 Å². The van der Waals surface area contributed by atoms with Crippen LogP contribution in [-0.2, 0) is 0 Å². The fourth-order valence-electron chi connectivity index (χ4n) is 14.9. The Morgan fingerprint density at radius 2 is 0.673 bits per heavy atom. The maximum atomic E-state index is 6.54. The van der Waals surface area contributed by atoms with Crippen molar-refractivity contribution in [1.82, 2.24) is 29.5 Å². The van der Waals surface area contributed by atoms with Gasteiger partial charge in [-0.2, -0.15) is 0 Å². The molecule has 0 bridgehead atoms. The first kappa shape index (κ1) is 61.6. The molecule has 492 valence electrons. The Kier molecular flexibility index (Phi) is 15.0.